The number of aryl methyl sites for hydroxylation is 2. The van der Waals surface area contributed by atoms with Gasteiger partial charge in [0.25, 0.3) is 0 Å². The van der Waals surface area contributed by atoms with Gasteiger partial charge in [-0.1, -0.05) is 51.3 Å². The van der Waals surface area contributed by atoms with Gasteiger partial charge in [-0.15, -0.1) is 0 Å². The molecule has 5 heteroatoms. The Hall–Kier alpha value is -2.04. The molecule has 0 spiro atoms. The van der Waals surface area contributed by atoms with Crippen molar-refractivity contribution in [1.29, 1.82) is 0 Å². The summed E-state index contributed by atoms with van der Waals surface area (Å²) >= 11 is 0. The molecule has 1 aromatic rings. The van der Waals surface area contributed by atoms with Crippen LogP contribution < -0.4 is 15.5 Å². The topological polar surface area (TPSA) is 61.4 Å². The zero-order valence-corrected chi connectivity index (χ0v) is 16.4. The van der Waals surface area contributed by atoms with E-state index in [1.807, 2.05) is 0 Å². The van der Waals surface area contributed by atoms with E-state index in [-0.39, 0.29) is 11.9 Å². The van der Waals surface area contributed by atoms with Crippen LogP contribution in [0.3, 0.4) is 0 Å². The van der Waals surface area contributed by atoms with Crippen molar-refractivity contribution >= 4 is 17.6 Å². The van der Waals surface area contributed by atoms with Gasteiger partial charge in [0.05, 0.1) is 5.69 Å². The van der Waals surface area contributed by atoms with Crippen LogP contribution in [0.2, 0.25) is 0 Å². The van der Waals surface area contributed by atoms with Crippen LogP contribution in [0, 0.1) is 0 Å². The molecule has 2 rings (SSSR count). The predicted octanol–water partition coefficient (Wildman–Crippen LogP) is 3.80. The molecule has 0 saturated heterocycles. The molecule has 0 aromatic heterocycles. The molecule has 5 nitrogen and oxygen atoms in total. The molecule has 26 heavy (non-hydrogen) atoms. The zero-order valence-electron chi connectivity index (χ0n) is 16.4. The van der Waals surface area contributed by atoms with Gasteiger partial charge in [0.2, 0.25) is 5.91 Å². The number of hydrogen-bond donors (Lipinski definition) is 2. The van der Waals surface area contributed by atoms with E-state index < -0.39 is 0 Å². The Morgan fingerprint density at radius 3 is 2.23 bits per heavy atom. The van der Waals surface area contributed by atoms with Gasteiger partial charge in [-0.25, -0.2) is 4.79 Å². The highest BCUT2D eigenvalue weighted by Crippen LogP contribution is 2.27. The van der Waals surface area contributed by atoms with Crippen molar-refractivity contribution in [2.45, 2.75) is 71.8 Å². The lowest BCUT2D eigenvalue weighted by Gasteiger charge is -2.27. The van der Waals surface area contributed by atoms with Crippen LogP contribution in [0.25, 0.3) is 0 Å². The van der Waals surface area contributed by atoms with Gasteiger partial charge in [-0.3, -0.25) is 4.79 Å². The fraction of sp³-hybridized carbons (Fsp3) is 0.619. The fourth-order valence-corrected chi connectivity index (χ4v) is 3.75. The summed E-state index contributed by atoms with van der Waals surface area (Å²) in [6.07, 6.45) is 7.54. The molecule has 0 bridgehead atoms. The van der Waals surface area contributed by atoms with Crippen molar-refractivity contribution in [3.8, 4) is 0 Å². The first-order chi connectivity index (χ1) is 12.6. The van der Waals surface area contributed by atoms with Gasteiger partial charge < -0.3 is 15.5 Å². The number of urea groups is 1. The second kappa shape index (κ2) is 10.2. The Morgan fingerprint density at radius 2 is 1.69 bits per heavy atom. The Balaban J connectivity index is 1.96. The summed E-state index contributed by atoms with van der Waals surface area (Å²) in [5.41, 5.74) is 3.36. The number of anilines is 1. The van der Waals surface area contributed by atoms with E-state index in [0.29, 0.717) is 19.1 Å². The maximum atomic E-state index is 12.3. The van der Waals surface area contributed by atoms with Gasteiger partial charge in [0.1, 0.15) is 0 Å². The van der Waals surface area contributed by atoms with Crippen LogP contribution in [-0.4, -0.2) is 31.1 Å². The summed E-state index contributed by atoms with van der Waals surface area (Å²) in [7, 11) is 0. The summed E-state index contributed by atoms with van der Waals surface area (Å²) in [6, 6.07) is 6.37. The van der Waals surface area contributed by atoms with Crippen LogP contribution in [0.1, 0.15) is 64.0 Å². The number of nitrogens with one attached hydrogen (secondary N) is 2. The number of carbonyl (C=O) groups excluding carboxylic acids is 2. The van der Waals surface area contributed by atoms with E-state index in [4.69, 9.17) is 0 Å². The van der Waals surface area contributed by atoms with Crippen molar-refractivity contribution in [2.75, 3.05) is 18.0 Å². The molecule has 3 amide bonds. The van der Waals surface area contributed by atoms with Crippen LogP contribution in [0.5, 0.6) is 0 Å². The normalized spacial score (nSPS) is 14.7. The minimum absolute atomic E-state index is 0.00934. The molecule has 1 aromatic carbocycles. The molecule has 0 aliphatic heterocycles. The first-order valence-electron chi connectivity index (χ1n) is 10.00. The van der Waals surface area contributed by atoms with Gasteiger partial charge in [0, 0.05) is 26.1 Å². The van der Waals surface area contributed by atoms with E-state index in [0.717, 1.165) is 31.4 Å². The molecule has 0 heterocycles. The zero-order chi connectivity index (χ0) is 18.9. The standard InChI is InChI=1S/C21H33N3O2/c1-4-17-10-9-11-18(5-2)20(17)24(16(3)25)15-14-22-21(26)23-19-12-7-6-8-13-19/h9-11,19H,4-8,12-15H2,1-3H3,(H2,22,23,26). The molecule has 0 unspecified atom stereocenters. The minimum atomic E-state index is -0.125. The summed E-state index contributed by atoms with van der Waals surface area (Å²) < 4.78 is 0. The highest BCUT2D eigenvalue weighted by molar-refractivity contribution is 5.93. The highest BCUT2D eigenvalue weighted by atomic mass is 16.2. The Labute approximate surface area is 157 Å². The largest absolute Gasteiger partial charge is 0.336 e. The van der Waals surface area contributed by atoms with Gasteiger partial charge in [0.15, 0.2) is 0 Å². The maximum absolute atomic E-state index is 12.3. The Morgan fingerprint density at radius 1 is 1.08 bits per heavy atom. The Kier molecular flexibility index (Phi) is 7.95. The lowest BCUT2D eigenvalue weighted by molar-refractivity contribution is -0.116. The first-order valence-corrected chi connectivity index (χ1v) is 10.00. The van der Waals surface area contributed by atoms with Gasteiger partial charge in [-0.2, -0.15) is 0 Å². The third-order valence-corrected chi connectivity index (χ3v) is 5.18. The number of benzene rings is 1. The number of carbonyl (C=O) groups is 2. The molecule has 1 saturated carbocycles. The fourth-order valence-electron chi connectivity index (χ4n) is 3.75. The number of rotatable bonds is 7. The van der Waals surface area contributed by atoms with Gasteiger partial charge >= 0.3 is 6.03 Å². The predicted molar refractivity (Wildman–Crippen MR) is 107 cm³/mol. The lowest BCUT2D eigenvalue weighted by atomic mass is 9.96. The third kappa shape index (κ3) is 5.48. The number of hydrogen-bond acceptors (Lipinski definition) is 2. The summed E-state index contributed by atoms with van der Waals surface area (Å²) in [4.78, 5) is 26.2. The van der Waals surface area contributed by atoms with Crippen molar-refractivity contribution in [1.82, 2.24) is 10.6 Å². The average Bonchev–Trinajstić information content (AvgIpc) is 2.65. The number of para-hydroxylation sites is 1. The van der Waals surface area contributed by atoms with Crippen molar-refractivity contribution in [2.24, 2.45) is 0 Å². The SMILES string of the molecule is CCc1cccc(CC)c1N(CCNC(=O)NC1CCCCC1)C(C)=O. The number of nitrogens with zero attached hydrogens (tertiary/aromatic N) is 1. The second-order valence-corrected chi connectivity index (χ2v) is 7.04. The minimum Gasteiger partial charge on any atom is -0.336 e. The summed E-state index contributed by atoms with van der Waals surface area (Å²) in [5.74, 6) is 0.00934. The first kappa shape index (κ1) is 20.3. The molecule has 0 atom stereocenters. The van der Waals surface area contributed by atoms with E-state index in [9.17, 15) is 9.59 Å². The summed E-state index contributed by atoms with van der Waals surface area (Å²) in [6.45, 7) is 6.73. The molecule has 144 valence electrons. The maximum Gasteiger partial charge on any atom is 0.315 e. The molecular weight excluding hydrogens is 326 g/mol. The third-order valence-electron chi connectivity index (χ3n) is 5.18. The van der Waals surface area contributed by atoms with E-state index in [1.54, 1.807) is 11.8 Å². The quantitative estimate of drug-likeness (QED) is 0.778. The van der Waals surface area contributed by atoms with Crippen molar-refractivity contribution in [3.63, 3.8) is 0 Å². The smallest absolute Gasteiger partial charge is 0.315 e. The Bertz CT molecular complexity index is 587. The van der Waals surface area contributed by atoms with Crippen LogP contribution in [0.15, 0.2) is 18.2 Å². The lowest BCUT2D eigenvalue weighted by Crippen LogP contribution is -2.46. The van der Waals surface area contributed by atoms with E-state index in [2.05, 4.69) is 42.7 Å². The molecule has 1 aliphatic rings. The monoisotopic (exact) mass is 359 g/mol. The van der Waals surface area contributed by atoms with E-state index >= 15 is 0 Å². The molecule has 0 radical (unpaired) electrons. The van der Waals surface area contributed by atoms with Crippen LogP contribution >= 0.6 is 0 Å². The van der Waals surface area contributed by atoms with Crippen LogP contribution in [-0.2, 0) is 17.6 Å². The molecule has 1 aliphatic carbocycles. The second-order valence-electron chi connectivity index (χ2n) is 7.04. The molecule has 1 fully saturated rings. The van der Waals surface area contributed by atoms with Gasteiger partial charge in [-0.05, 0) is 36.8 Å². The number of amides is 3. The highest BCUT2D eigenvalue weighted by Gasteiger charge is 2.19. The average molecular weight is 360 g/mol. The van der Waals surface area contributed by atoms with E-state index in [1.165, 1.54) is 30.4 Å². The summed E-state index contributed by atoms with van der Waals surface area (Å²) in [5, 5.41) is 5.97. The van der Waals surface area contributed by atoms with Crippen molar-refractivity contribution in [3.05, 3.63) is 29.3 Å². The van der Waals surface area contributed by atoms with Crippen molar-refractivity contribution < 1.29 is 9.59 Å². The molecular formula is C21H33N3O2. The molecule has 2 N–H and O–H groups in total. The van der Waals surface area contributed by atoms with Crippen LogP contribution in [0.4, 0.5) is 10.5 Å².